The number of aliphatic imine (C=N–C) groups is 1. The molecule has 1 aliphatic carbocycles. The van der Waals surface area contributed by atoms with Crippen molar-refractivity contribution in [2.45, 2.75) is 45.2 Å². The zero-order chi connectivity index (χ0) is 20.0. The van der Waals surface area contributed by atoms with Gasteiger partial charge in [-0.25, -0.2) is 8.42 Å². The number of nitrogens with one attached hydrogen (secondary N) is 2. The molecule has 1 atom stereocenters. The average molecular weight is 535 g/mol. The lowest BCUT2D eigenvalue weighted by Crippen LogP contribution is -2.45. The molecule has 0 spiro atoms. The van der Waals surface area contributed by atoms with E-state index in [0.717, 1.165) is 45.0 Å². The van der Waals surface area contributed by atoms with Crippen LogP contribution in [0.5, 0.6) is 0 Å². The Bertz CT molecular complexity index is 766. The molecular weight excluding hydrogens is 499 g/mol. The zero-order valence-electron chi connectivity index (χ0n) is 17.6. The molecule has 6 nitrogen and oxygen atoms in total. The van der Waals surface area contributed by atoms with Gasteiger partial charge < -0.3 is 10.6 Å². The zero-order valence-corrected chi connectivity index (χ0v) is 20.7. The molecular formula is C21H35IN4O2S. The highest BCUT2D eigenvalue weighted by Crippen LogP contribution is 2.46. The maximum atomic E-state index is 11.7. The number of halogens is 1. The Morgan fingerprint density at radius 1 is 1.24 bits per heavy atom. The fourth-order valence-electron chi connectivity index (χ4n) is 4.04. The fourth-order valence-corrected chi connectivity index (χ4v) is 5.53. The molecule has 1 saturated heterocycles. The molecule has 1 aromatic carbocycles. The van der Waals surface area contributed by atoms with Crippen LogP contribution < -0.4 is 10.6 Å². The van der Waals surface area contributed by atoms with Crippen LogP contribution in [0.15, 0.2) is 35.3 Å². The lowest BCUT2D eigenvalue weighted by molar-refractivity contribution is 0.245. The molecule has 1 aliphatic heterocycles. The lowest BCUT2D eigenvalue weighted by atomic mass is 10.1. The first-order valence-corrected chi connectivity index (χ1v) is 12.4. The van der Waals surface area contributed by atoms with Gasteiger partial charge in [0.1, 0.15) is 9.84 Å². The van der Waals surface area contributed by atoms with Gasteiger partial charge in [-0.1, -0.05) is 30.3 Å². The van der Waals surface area contributed by atoms with Crippen LogP contribution in [0.1, 0.15) is 38.2 Å². The highest BCUT2D eigenvalue weighted by molar-refractivity contribution is 14.0. The molecule has 1 saturated carbocycles. The van der Waals surface area contributed by atoms with E-state index in [1.807, 2.05) is 0 Å². The molecule has 0 radical (unpaired) electrons. The monoisotopic (exact) mass is 534 g/mol. The average Bonchev–Trinajstić information content (AvgIpc) is 3.25. The Labute approximate surface area is 192 Å². The maximum absolute atomic E-state index is 11.7. The van der Waals surface area contributed by atoms with Crippen molar-refractivity contribution in [2.75, 3.05) is 38.2 Å². The van der Waals surface area contributed by atoms with Crippen LogP contribution in [0, 0.1) is 5.41 Å². The molecule has 2 N–H and O–H groups in total. The molecule has 1 aromatic rings. The number of nitrogens with zero attached hydrogens (tertiary/aromatic N) is 2. The lowest BCUT2D eigenvalue weighted by Gasteiger charge is -2.25. The van der Waals surface area contributed by atoms with E-state index in [0.29, 0.717) is 12.6 Å². The summed E-state index contributed by atoms with van der Waals surface area (Å²) >= 11 is 0. The largest absolute Gasteiger partial charge is 0.357 e. The quantitative estimate of drug-likeness (QED) is 0.290. The van der Waals surface area contributed by atoms with Gasteiger partial charge in [0.05, 0.1) is 5.75 Å². The van der Waals surface area contributed by atoms with E-state index in [4.69, 9.17) is 4.99 Å². The van der Waals surface area contributed by atoms with E-state index in [1.165, 1.54) is 24.7 Å². The van der Waals surface area contributed by atoms with Gasteiger partial charge in [0.15, 0.2) is 5.96 Å². The van der Waals surface area contributed by atoms with E-state index >= 15 is 0 Å². The van der Waals surface area contributed by atoms with Gasteiger partial charge in [-0.05, 0) is 44.7 Å². The standard InChI is InChI=1S/C21H34N4O2S.HI/c1-3-22-20(24-16-21(11-12-21)17-28(2,26)27)23-14-19-10-7-13-25(19)15-18-8-5-4-6-9-18;/h4-6,8-9,19H,3,7,10-17H2,1-2H3,(H2,22,23,24);1H. The number of benzene rings is 1. The predicted molar refractivity (Wildman–Crippen MR) is 131 cm³/mol. The third-order valence-corrected chi connectivity index (χ3v) is 6.81. The molecule has 29 heavy (non-hydrogen) atoms. The van der Waals surface area contributed by atoms with Gasteiger partial charge in [-0.15, -0.1) is 24.0 Å². The predicted octanol–water partition coefficient (Wildman–Crippen LogP) is 2.65. The molecule has 0 aromatic heterocycles. The van der Waals surface area contributed by atoms with Gasteiger partial charge >= 0.3 is 0 Å². The fraction of sp³-hybridized carbons (Fsp3) is 0.667. The Hall–Kier alpha value is -0.870. The second kappa shape index (κ2) is 10.9. The smallest absolute Gasteiger partial charge is 0.191 e. The summed E-state index contributed by atoms with van der Waals surface area (Å²) in [5.74, 6) is 1.05. The summed E-state index contributed by atoms with van der Waals surface area (Å²) in [6.07, 6.45) is 5.65. The van der Waals surface area contributed by atoms with Gasteiger partial charge in [-0.2, -0.15) is 0 Å². The third kappa shape index (κ3) is 8.05. The van der Waals surface area contributed by atoms with Gasteiger partial charge in [0.2, 0.25) is 0 Å². The number of hydrogen-bond acceptors (Lipinski definition) is 4. The molecule has 0 bridgehead atoms. The summed E-state index contributed by atoms with van der Waals surface area (Å²) in [4.78, 5) is 7.25. The van der Waals surface area contributed by atoms with Crippen molar-refractivity contribution in [2.24, 2.45) is 10.4 Å². The molecule has 1 heterocycles. The van der Waals surface area contributed by atoms with Gasteiger partial charge in [0, 0.05) is 43.9 Å². The minimum Gasteiger partial charge on any atom is -0.357 e. The molecule has 1 unspecified atom stereocenters. The van der Waals surface area contributed by atoms with Crippen molar-refractivity contribution in [1.82, 2.24) is 15.5 Å². The number of guanidine groups is 1. The van der Waals surface area contributed by atoms with E-state index in [1.54, 1.807) is 0 Å². The van der Waals surface area contributed by atoms with Crippen LogP contribution in [-0.2, 0) is 16.4 Å². The summed E-state index contributed by atoms with van der Waals surface area (Å²) in [5, 5.41) is 6.79. The number of rotatable bonds is 9. The summed E-state index contributed by atoms with van der Waals surface area (Å²) < 4.78 is 23.3. The van der Waals surface area contributed by atoms with Crippen molar-refractivity contribution >= 4 is 39.8 Å². The first-order chi connectivity index (χ1) is 13.4. The van der Waals surface area contributed by atoms with Crippen LogP contribution in [0.3, 0.4) is 0 Å². The van der Waals surface area contributed by atoms with E-state index < -0.39 is 9.84 Å². The normalized spacial score (nSPS) is 21.4. The highest BCUT2D eigenvalue weighted by atomic mass is 127. The van der Waals surface area contributed by atoms with Crippen LogP contribution in [0.4, 0.5) is 0 Å². The molecule has 2 aliphatic rings. The maximum Gasteiger partial charge on any atom is 0.191 e. The molecule has 2 fully saturated rings. The van der Waals surface area contributed by atoms with E-state index in [2.05, 4.69) is 52.8 Å². The van der Waals surface area contributed by atoms with Crippen LogP contribution in [0.2, 0.25) is 0 Å². The summed E-state index contributed by atoms with van der Waals surface area (Å²) in [6, 6.07) is 11.1. The summed E-state index contributed by atoms with van der Waals surface area (Å²) in [6.45, 7) is 6.40. The van der Waals surface area contributed by atoms with Crippen LogP contribution in [-0.4, -0.2) is 63.5 Å². The van der Waals surface area contributed by atoms with Crippen molar-refractivity contribution < 1.29 is 8.42 Å². The second-order valence-electron chi connectivity index (χ2n) is 8.40. The van der Waals surface area contributed by atoms with Crippen LogP contribution >= 0.6 is 24.0 Å². The van der Waals surface area contributed by atoms with Crippen molar-refractivity contribution in [1.29, 1.82) is 0 Å². The topological polar surface area (TPSA) is 73.8 Å². The summed E-state index contributed by atoms with van der Waals surface area (Å²) in [5.41, 5.74) is 1.22. The third-order valence-electron chi connectivity index (χ3n) is 5.67. The number of hydrogen-bond donors (Lipinski definition) is 2. The Kier molecular flexibility index (Phi) is 9.21. The minimum absolute atomic E-state index is 0. The van der Waals surface area contributed by atoms with E-state index in [-0.39, 0.29) is 35.1 Å². The Balaban J connectivity index is 0.00000300. The van der Waals surface area contributed by atoms with Crippen molar-refractivity contribution in [3.8, 4) is 0 Å². The molecule has 3 rings (SSSR count). The molecule has 164 valence electrons. The first kappa shape index (κ1) is 24.4. The van der Waals surface area contributed by atoms with Gasteiger partial charge in [-0.3, -0.25) is 9.89 Å². The Morgan fingerprint density at radius 2 is 1.97 bits per heavy atom. The number of likely N-dealkylation sites (tertiary alicyclic amines) is 1. The Morgan fingerprint density at radius 3 is 2.59 bits per heavy atom. The van der Waals surface area contributed by atoms with Gasteiger partial charge in [0.25, 0.3) is 0 Å². The van der Waals surface area contributed by atoms with Crippen molar-refractivity contribution in [3.63, 3.8) is 0 Å². The first-order valence-electron chi connectivity index (χ1n) is 10.4. The SMILES string of the molecule is CCNC(=NCC1(CS(C)(=O)=O)CC1)NCC1CCCN1Cc1ccccc1.I. The van der Waals surface area contributed by atoms with Crippen molar-refractivity contribution in [3.05, 3.63) is 35.9 Å². The number of sulfone groups is 1. The molecule has 8 heteroatoms. The van der Waals surface area contributed by atoms with Crippen LogP contribution in [0.25, 0.3) is 0 Å². The second-order valence-corrected chi connectivity index (χ2v) is 10.5. The summed E-state index contributed by atoms with van der Waals surface area (Å²) in [7, 11) is -2.96. The minimum atomic E-state index is -2.96. The highest BCUT2D eigenvalue weighted by Gasteiger charge is 2.45. The molecule has 0 amide bonds. The van der Waals surface area contributed by atoms with E-state index in [9.17, 15) is 8.42 Å².